The lowest BCUT2D eigenvalue weighted by Crippen LogP contribution is -2.66. The predicted molar refractivity (Wildman–Crippen MR) is 229 cm³/mol. The van der Waals surface area contributed by atoms with Crippen molar-refractivity contribution in [1.82, 2.24) is 40.9 Å². The minimum atomic E-state index is -5.44. The lowest BCUT2D eigenvalue weighted by atomic mass is 9.64. The molecule has 2 saturated heterocycles. The first-order valence-corrected chi connectivity index (χ1v) is 22.7. The Morgan fingerprint density at radius 2 is 1.64 bits per heavy atom. The highest BCUT2D eigenvalue weighted by atomic mass is 35.5. The van der Waals surface area contributed by atoms with E-state index in [1.54, 1.807) is 32.2 Å². The molecule has 1 aromatic rings. The summed E-state index contributed by atoms with van der Waals surface area (Å²) in [5.74, 6) is -10.9. The minimum absolute atomic E-state index is 0.00198. The monoisotopic (exact) mass is 962 g/mol. The topological polar surface area (TPSA) is 181 Å². The van der Waals surface area contributed by atoms with Crippen molar-refractivity contribution in [3.63, 3.8) is 0 Å². The number of nitrogens with one attached hydrogen (secondary N) is 4. The molecule has 2 heterocycles. The molecule has 5 rings (SSSR count). The van der Waals surface area contributed by atoms with Gasteiger partial charge < -0.3 is 35.6 Å². The Labute approximate surface area is 385 Å². The van der Waals surface area contributed by atoms with Crippen molar-refractivity contribution in [1.29, 1.82) is 0 Å². The highest BCUT2D eigenvalue weighted by molar-refractivity contribution is 6.30. The zero-order valence-corrected chi connectivity index (χ0v) is 39.0. The Morgan fingerprint density at radius 3 is 2.21 bits per heavy atom. The molecular weight excluding hydrogens is 902 g/mol. The third kappa shape index (κ3) is 11.7. The van der Waals surface area contributed by atoms with Crippen LogP contribution < -0.4 is 21.3 Å². The van der Waals surface area contributed by atoms with Gasteiger partial charge in [-0.05, 0) is 94.4 Å². The molecule has 2 aliphatic carbocycles. The molecule has 368 valence electrons. The first-order chi connectivity index (χ1) is 30.7. The van der Waals surface area contributed by atoms with Gasteiger partial charge >= 0.3 is 6.18 Å². The smallest absolute Gasteiger partial charge is 0.344 e. The Kier molecular flexibility index (Phi) is 16.4. The number of alkyl halides is 6. The Balaban J connectivity index is 1.45. The summed E-state index contributed by atoms with van der Waals surface area (Å²) in [6.45, 7) is 7.61. The van der Waals surface area contributed by atoms with Gasteiger partial charge in [-0.2, -0.15) is 13.2 Å². The van der Waals surface area contributed by atoms with E-state index in [9.17, 15) is 59.9 Å². The van der Waals surface area contributed by atoms with E-state index in [2.05, 4.69) is 21.3 Å². The Morgan fingerprint density at radius 1 is 0.985 bits per heavy atom. The number of nitrogens with zero attached hydrogens (tertiary/aromatic N) is 4. The van der Waals surface area contributed by atoms with E-state index in [1.165, 1.54) is 28.7 Å². The van der Waals surface area contributed by atoms with Crippen LogP contribution in [0.1, 0.15) is 90.2 Å². The van der Waals surface area contributed by atoms with Crippen LogP contribution in [-0.2, 0) is 40.0 Å². The van der Waals surface area contributed by atoms with Gasteiger partial charge in [-0.15, -0.1) is 0 Å². The highest BCUT2D eigenvalue weighted by Crippen LogP contribution is 2.61. The zero-order valence-electron chi connectivity index (χ0n) is 38.2. The fourth-order valence-corrected chi connectivity index (χ4v) is 9.30. The van der Waals surface area contributed by atoms with E-state index >= 15 is 0 Å². The van der Waals surface area contributed by atoms with Gasteiger partial charge in [0.25, 0.3) is 11.8 Å². The summed E-state index contributed by atoms with van der Waals surface area (Å²) in [5.41, 5.74) is -2.10. The van der Waals surface area contributed by atoms with Crippen LogP contribution in [0.3, 0.4) is 0 Å². The van der Waals surface area contributed by atoms with Gasteiger partial charge in [0.15, 0.2) is 17.9 Å². The van der Waals surface area contributed by atoms with Crippen molar-refractivity contribution in [3.8, 4) is 0 Å². The molecule has 7 atom stereocenters. The summed E-state index contributed by atoms with van der Waals surface area (Å²) in [6, 6.07) is -0.941. The minimum Gasteiger partial charge on any atom is -0.344 e. The molecule has 0 radical (unpaired) electrons. The van der Waals surface area contributed by atoms with E-state index in [-0.39, 0.29) is 49.6 Å². The number of benzene rings is 1. The molecule has 2 aliphatic heterocycles. The molecule has 7 amide bonds. The number of hydrogen-bond acceptors (Lipinski definition) is 8. The maximum atomic E-state index is 14.8. The predicted octanol–water partition coefficient (Wildman–Crippen LogP) is 3.84. The lowest BCUT2D eigenvalue weighted by molar-refractivity contribution is -0.299. The molecule has 66 heavy (non-hydrogen) atoms. The zero-order chi connectivity index (χ0) is 49.2. The third-order valence-corrected chi connectivity index (χ3v) is 13.3. The van der Waals surface area contributed by atoms with Gasteiger partial charge in [-0.25, -0.2) is 13.2 Å². The summed E-state index contributed by atoms with van der Waals surface area (Å²) in [4.78, 5) is 103. The Bertz CT molecular complexity index is 2020. The quantitative estimate of drug-likeness (QED) is 0.191. The van der Waals surface area contributed by atoms with Crippen LogP contribution in [0, 0.1) is 24.2 Å². The fraction of sp³-hybridized carbons (Fsp3) is 0.705. The molecule has 2 saturated carbocycles. The van der Waals surface area contributed by atoms with Crippen LogP contribution in [0.15, 0.2) is 18.2 Å². The molecule has 0 aromatic heterocycles. The molecule has 22 heteroatoms. The highest BCUT2D eigenvalue weighted by Gasteiger charge is 2.75. The first-order valence-electron chi connectivity index (χ1n) is 22.4. The van der Waals surface area contributed by atoms with Crippen molar-refractivity contribution >= 4 is 53.0 Å². The molecule has 4 fully saturated rings. The summed E-state index contributed by atoms with van der Waals surface area (Å²) in [5, 5.41) is 10.6. The number of halogens is 7. The average Bonchev–Trinajstić information content (AvgIpc) is 3.99. The summed E-state index contributed by atoms with van der Waals surface area (Å²) in [7, 11) is 2.96. The molecule has 4 aliphatic rings. The van der Waals surface area contributed by atoms with Gasteiger partial charge in [0.2, 0.25) is 35.4 Å². The number of rotatable bonds is 11. The number of likely N-dealkylation sites (N-methyl/N-ethyl adjacent to an activating group) is 3. The number of aryl methyl sites for hydroxylation is 1. The van der Waals surface area contributed by atoms with Crippen LogP contribution in [0.25, 0.3) is 0 Å². The van der Waals surface area contributed by atoms with Crippen LogP contribution in [0.4, 0.5) is 26.3 Å². The third-order valence-electron chi connectivity index (χ3n) is 13.0. The number of carbonyl (C=O) groups excluding carboxylic acids is 7. The van der Waals surface area contributed by atoms with Crippen molar-refractivity contribution in [2.24, 2.45) is 17.3 Å². The standard InChI is InChI=1S/C44H61ClF6N8O7/c1-8-58(40(65)33(26-13-14-26)55-37(62)34-54-32(46)20-59(34)41(66)42(44(49,50)51)21-43(47,48)22-42)30-11-9-10-16-56(6)38(63)25(5)52-36(61)31(19-27-18-28(45)15-12-24(27)4)57(7)39(64)29(17-23(2)3)53-35(30)60/h12,15,18,23,25-26,29-34,54H,8-11,13-14,16-17,19-22H2,1-7H3,(H,52,61)(H,53,60)(H,55,62)/t25-,29+,30+,31+,32-,33+,34-/m1/s1. The fourth-order valence-electron chi connectivity index (χ4n) is 9.10. The van der Waals surface area contributed by atoms with Gasteiger partial charge in [0.05, 0.1) is 6.54 Å². The van der Waals surface area contributed by atoms with Crippen LogP contribution in [0.5, 0.6) is 0 Å². The van der Waals surface area contributed by atoms with E-state index in [4.69, 9.17) is 11.6 Å². The van der Waals surface area contributed by atoms with Crippen molar-refractivity contribution in [2.75, 3.05) is 33.7 Å². The largest absolute Gasteiger partial charge is 0.403 e. The molecule has 0 spiro atoms. The van der Waals surface area contributed by atoms with Gasteiger partial charge in [-0.3, -0.25) is 38.9 Å². The normalized spacial score (nSPS) is 27.2. The van der Waals surface area contributed by atoms with E-state index in [0.29, 0.717) is 29.8 Å². The Hall–Kier alpha value is -4.66. The summed E-state index contributed by atoms with van der Waals surface area (Å²) in [6.07, 6.45) is -11.9. The lowest BCUT2D eigenvalue weighted by Gasteiger charge is -2.48. The van der Waals surface area contributed by atoms with E-state index < -0.39 is 127 Å². The SMILES string of the molecule is CCN(C(=O)[C@@H](NC(=O)[C@@H]1N[C@@H](F)CN1C(=O)C1(C(F)(F)F)CC(F)(F)C1)C1CC1)[C@H]1CCCCN(C)C(=O)[C@@H](C)NC(=O)[C@H](Cc2cc(Cl)ccc2C)N(C)C(=O)[C@H](CC(C)C)NC1=O. The molecular formula is C44H61ClF6N8O7. The second-order valence-electron chi connectivity index (χ2n) is 18.7. The van der Waals surface area contributed by atoms with Crippen LogP contribution in [-0.4, -0.2) is 149 Å². The maximum Gasteiger partial charge on any atom is 0.403 e. The van der Waals surface area contributed by atoms with Gasteiger partial charge in [0.1, 0.15) is 30.2 Å². The number of hydrogen-bond donors (Lipinski definition) is 4. The van der Waals surface area contributed by atoms with Crippen LogP contribution >= 0.6 is 11.6 Å². The van der Waals surface area contributed by atoms with E-state index in [1.807, 2.05) is 20.8 Å². The summed E-state index contributed by atoms with van der Waals surface area (Å²) >= 11 is 6.32. The molecule has 15 nitrogen and oxygen atoms in total. The van der Waals surface area contributed by atoms with Crippen molar-refractivity contribution in [3.05, 3.63) is 34.3 Å². The number of carbonyl (C=O) groups is 7. The number of amides is 7. The molecule has 0 unspecified atom stereocenters. The average molecular weight is 963 g/mol. The van der Waals surface area contributed by atoms with Crippen LogP contribution in [0.2, 0.25) is 5.02 Å². The first kappa shape index (κ1) is 52.3. The second kappa shape index (κ2) is 20.7. The van der Waals surface area contributed by atoms with Gasteiger partial charge in [0, 0.05) is 51.5 Å². The summed E-state index contributed by atoms with van der Waals surface area (Å²) < 4.78 is 85.2. The van der Waals surface area contributed by atoms with Crippen molar-refractivity contribution < 1.29 is 59.9 Å². The molecule has 0 bridgehead atoms. The second-order valence-corrected chi connectivity index (χ2v) is 19.1. The van der Waals surface area contributed by atoms with Gasteiger partial charge in [-0.1, -0.05) is 31.5 Å². The van der Waals surface area contributed by atoms with E-state index in [0.717, 1.165) is 5.56 Å². The molecule has 4 N–H and O–H groups in total. The van der Waals surface area contributed by atoms with Crippen molar-refractivity contribution in [2.45, 2.75) is 147 Å². The molecule has 1 aromatic carbocycles. The maximum absolute atomic E-state index is 14.8.